The maximum Gasteiger partial charge on any atom is 0.330 e. The number of carbonyl (C=O) groups excluding carboxylic acids is 2. The Morgan fingerprint density at radius 1 is 0.638 bits per heavy atom. The molecule has 7 heteroatoms. The fourth-order valence-corrected chi connectivity index (χ4v) is 6.32. The van der Waals surface area contributed by atoms with E-state index in [9.17, 15) is 9.59 Å². The summed E-state index contributed by atoms with van der Waals surface area (Å²) in [6, 6.07) is 35.2. The van der Waals surface area contributed by atoms with Gasteiger partial charge in [0.2, 0.25) is 0 Å². The highest BCUT2D eigenvalue weighted by Crippen LogP contribution is 2.58. The topological polar surface area (TPSA) is 80.3 Å². The second kappa shape index (κ2) is 13.7. The lowest BCUT2D eigenvalue weighted by molar-refractivity contribution is -0.139. The van der Waals surface area contributed by atoms with Crippen molar-refractivity contribution in [3.05, 3.63) is 151 Å². The molecule has 5 aromatic carbocycles. The zero-order valence-corrected chi connectivity index (χ0v) is 26.1. The zero-order valence-electron chi connectivity index (χ0n) is 26.1. The molecule has 0 saturated carbocycles. The van der Waals surface area contributed by atoms with Crippen LogP contribution in [0.3, 0.4) is 0 Å². The van der Waals surface area contributed by atoms with Crippen molar-refractivity contribution in [3.63, 3.8) is 0 Å². The summed E-state index contributed by atoms with van der Waals surface area (Å²) in [5.41, 5.74) is 5.90. The van der Waals surface area contributed by atoms with Gasteiger partial charge >= 0.3 is 11.9 Å². The number of hydrogen-bond acceptors (Lipinski definition) is 7. The van der Waals surface area contributed by atoms with Crippen LogP contribution in [0.5, 0.6) is 17.2 Å². The van der Waals surface area contributed by atoms with Crippen molar-refractivity contribution in [2.45, 2.75) is 5.41 Å². The van der Waals surface area contributed by atoms with Crippen molar-refractivity contribution in [1.82, 2.24) is 0 Å². The molecule has 0 unspecified atom stereocenters. The Morgan fingerprint density at radius 3 is 1.72 bits per heavy atom. The van der Waals surface area contributed by atoms with Crippen LogP contribution in [0.15, 0.2) is 128 Å². The molecule has 1 aliphatic rings. The molecule has 6 rings (SSSR count). The summed E-state index contributed by atoms with van der Waals surface area (Å²) in [6.45, 7) is 7.50. The normalized spacial score (nSPS) is 12.4. The van der Waals surface area contributed by atoms with E-state index in [1.165, 1.54) is 5.56 Å². The van der Waals surface area contributed by atoms with E-state index >= 15 is 0 Å². The van der Waals surface area contributed by atoms with Crippen molar-refractivity contribution in [3.8, 4) is 28.4 Å². The lowest BCUT2D eigenvalue weighted by Gasteiger charge is -2.35. The smallest absolute Gasteiger partial charge is 0.330 e. The standard InChI is InChI=1S/C40H34O7/c1-4-37(41)46-24-22-44-30-15-11-28(12-16-30)40(29-13-17-31(18-14-29)45-23-25-47-38(42)5-2)36-26-32(43-3)19-21-34(36)35-20-10-27-8-6-7-9-33(27)39(35)40/h4-21,26H,1-2,22-25H2,3H3. The molecule has 0 radical (unpaired) electrons. The van der Waals surface area contributed by atoms with E-state index in [1.54, 1.807) is 7.11 Å². The fraction of sp³-hybridized carbons (Fsp3) is 0.150. The number of fused-ring (bicyclic) bond motifs is 5. The van der Waals surface area contributed by atoms with E-state index in [1.807, 2.05) is 30.3 Å². The molecule has 47 heavy (non-hydrogen) atoms. The third kappa shape index (κ3) is 5.95. The van der Waals surface area contributed by atoms with Gasteiger partial charge < -0.3 is 23.7 Å². The SMILES string of the molecule is C=CC(=O)OCCOc1ccc(C2(c3ccc(OCCOC(=O)C=C)cc3)c3cc(OC)ccc3-c3ccc4ccccc4c32)cc1. The molecule has 0 amide bonds. The molecule has 0 saturated heterocycles. The van der Waals surface area contributed by atoms with Gasteiger partial charge in [-0.2, -0.15) is 0 Å². The van der Waals surface area contributed by atoms with Crippen LogP contribution < -0.4 is 14.2 Å². The minimum atomic E-state index is -0.726. The first-order valence-corrected chi connectivity index (χ1v) is 15.3. The van der Waals surface area contributed by atoms with Crippen LogP contribution in [-0.2, 0) is 24.5 Å². The van der Waals surface area contributed by atoms with Crippen molar-refractivity contribution >= 4 is 22.7 Å². The predicted molar refractivity (Wildman–Crippen MR) is 181 cm³/mol. The second-order valence-corrected chi connectivity index (χ2v) is 10.9. The average molecular weight is 627 g/mol. The summed E-state index contributed by atoms with van der Waals surface area (Å²) in [5.74, 6) is 1.09. The van der Waals surface area contributed by atoms with Crippen LogP contribution in [-0.4, -0.2) is 45.5 Å². The van der Waals surface area contributed by atoms with Crippen molar-refractivity contribution < 1.29 is 33.3 Å². The molecule has 7 nitrogen and oxygen atoms in total. The van der Waals surface area contributed by atoms with Crippen molar-refractivity contribution in [1.29, 1.82) is 0 Å². The van der Waals surface area contributed by atoms with E-state index in [-0.39, 0.29) is 26.4 Å². The van der Waals surface area contributed by atoms with Gasteiger partial charge in [0.25, 0.3) is 0 Å². The highest BCUT2D eigenvalue weighted by Gasteiger charge is 2.47. The van der Waals surface area contributed by atoms with Gasteiger partial charge in [-0.1, -0.05) is 79.9 Å². The molecule has 0 spiro atoms. The largest absolute Gasteiger partial charge is 0.497 e. The van der Waals surface area contributed by atoms with Crippen LogP contribution in [0.2, 0.25) is 0 Å². The maximum absolute atomic E-state index is 11.4. The summed E-state index contributed by atoms with van der Waals surface area (Å²) in [7, 11) is 1.68. The predicted octanol–water partition coefficient (Wildman–Crippen LogP) is 7.43. The molecule has 0 atom stereocenters. The molecular weight excluding hydrogens is 592 g/mol. The Kier molecular flexibility index (Phi) is 9.06. The summed E-state index contributed by atoms with van der Waals surface area (Å²) in [5, 5.41) is 2.28. The van der Waals surface area contributed by atoms with Crippen LogP contribution in [0.1, 0.15) is 22.3 Å². The van der Waals surface area contributed by atoms with Crippen molar-refractivity contribution in [2.75, 3.05) is 33.5 Å². The molecule has 0 bridgehead atoms. The van der Waals surface area contributed by atoms with Gasteiger partial charge in [-0.3, -0.25) is 0 Å². The van der Waals surface area contributed by atoms with Crippen LogP contribution >= 0.6 is 0 Å². The molecule has 5 aromatic rings. The Balaban J connectivity index is 1.47. The Hall–Kier alpha value is -5.82. The Morgan fingerprint density at radius 2 is 1.17 bits per heavy atom. The number of rotatable bonds is 13. The van der Waals surface area contributed by atoms with Gasteiger partial charge in [0.1, 0.15) is 43.7 Å². The lowest BCUT2D eigenvalue weighted by atomic mass is 9.66. The first kappa shape index (κ1) is 31.2. The number of hydrogen-bond donors (Lipinski definition) is 0. The van der Waals surface area contributed by atoms with E-state index in [0.29, 0.717) is 11.5 Å². The monoisotopic (exact) mass is 626 g/mol. The first-order chi connectivity index (χ1) is 23.0. The van der Waals surface area contributed by atoms with E-state index in [0.717, 1.165) is 56.5 Å². The summed E-state index contributed by atoms with van der Waals surface area (Å²) in [4.78, 5) is 22.8. The van der Waals surface area contributed by atoms with Gasteiger partial charge in [0.15, 0.2) is 0 Å². The van der Waals surface area contributed by atoms with Gasteiger partial charge in [0, 0.05) is 12.2 Å². The van der Waals surface area contributed by atoms with Crippen molar-refractivity contribution in [2.24, 2.45) is 0 Å². The third-order valence-electron chi connectivity index (χ3n) is 8.33. The van der Waals surface area contributed by atoms with Gasteiger partial charge in [0.05, 0.1) is 12.5 Å². The minimum Gasteiger partial charge on any atom is -0.497 e. The molecule has 0 heterocycles. The van der Waals surface area contributed by atoms with E-state index in [4.69, 9.17) is 23.7 Å². The third-order valence-corrected chi connectivity index (χ3v) is 8.33. The Bertz CT molecular complexity index is 1870. The Labute approximate surface area is 273 Å². The quantitative estimate of drug-likeness (QED) is 0.0750. The maximum atomic E-state index is 11.4. The highest BCUT2D eigenvalue weighted by molar-refractivity contribution is 6.00. The number of benzene rings is 5. The molecule has 0 N–H and O–H groups in total. The molecule has 1 aliphatic carbocycles. The van der Waals surface area contributed by atoms with E-state index in [2.05, 4.69) is 86.0 Å². The molecule has 236 valence electrons. The number of esters is 2. The lowest BCUT2D eigenvalue weighted by Crippen LogP contribution is -2.29. The molecular formula is C40H34O7. The molecule has 0 fully saturated rings. The molecule has 0 aliphatic heterocycles. The van der Waals surface area contributed by atoms with Crippen LogP contribution in [0, 0.1) is 0 Å². The number of methoxy groups -OCH3 is 1. The van der Waals surface area contributed by atoms with Crippen LogP contribution in [0.25, 0.3) is 21.9 Å². The number of carbonyl (C=O) groups is 2. The molecule has 0 aromatic heterocycles. The minimum absolute atomic E-state index is 0.119. The number of ether oxygens (including phenoxy) is 5. The summed E-state index contributed by atoms with van der Waals surface area (Å²) >= 11 is 0. The summed E-state index contributed by atoms with van der Waals surface area (Å²) < 4.78 is 27.7. The zero-order chi connectivity index (χ0) is 32.8. The second-order valence-electron chi connectivity index (χ2n) is 10.9. The van der Waals surface area contributed by atoms with Gasteiger partial charge in [-0.15, -0.1) is 0 Å². The first-order valence-electron chi connectivity index (χ1n) is 15.3. The van der Waals surface area contributed by atoms with Gasteiger partial charge in [-0.05, 0) is 80.6 Å². The summed E-state index contributed by atoms with van der Waals surface area (Å²) in [6.07, 6.45) is 2.26. The van der Waals surface area contributed by atoms with Crippen LogP contribution in [0.4, 0.5) is 0 Å². The fourth-order valence-electron chi connectivity index (χ4n) is 6.32. The van der Waals surface area contributed by atoms with E-state index < -0.39 is 17.4 Å². The highest BCUT2D eigenvalue weighted by atomic mass is 16.6. The average Bonchev–Trinajstić information content (AvgIpc) is 3.43. The van der Waals surface area contributed by atoms with Gasteiger partial charge in [-0.25, -0.2) is 9.59 Å².